The number of nitrogens with two attached hydrogens (primary N) is 1. The van der Waals surface area contributed by atoms with Crippen LogP contribution in [0.3, 0.4) is 0 Å². The minimum absolute atomic E-state index is 0.112. The highest BCUT2D eigenvalue weighted by Crippen LogP contribution is 2.31. The fourth-order valence-corrected chi connectivity index (χ4v) is 2.26. The Labute approximate surface area is 150 Å². The molecule has 1 aliphatic rings. The van der Waals surface area contributed by atoms with Crippen molar-refractivity contribution >= 4 is 12.4 Å². The summed E-state index contributed by atoms with van der Waals surface area (Å²) in [6.07, 6.45) is 1.52. The molecule has 2 N–H and O–H groups in total. The monoisotopic (exact) mass is 350 g/mol. The van der Waals surface area contributed by atoms with Crippen molar-refractivity contribution in [1.82, 2.24) is 5.01 Å². The van der Waals surface area contributed by atoms with Gasteiger partial charge in [0.2, 0.25) is 0 Å². The van der Waals surface area contributed by atoms with Crippen LogP contribution in [0.1, 0.15) is 46.1 Å². The van der Waals surface area contributed by atoms with Gasteiger partial charge in [0.05, 0.1) is 5.41 Å². The summed E-state index contributed by atoms with van der Waals surface area (Å²) >= 11 is 0. The molecule has 1 aromatic rings. The Morgan fingerprint density at radius 1 is 1.24 bits per heavy atom. The predicted molar refractivity (Wildman–Crippen MR) is 96.2 cm³/mol. The van der Waals surface area contributed by atoms with Crippen LogP contribution in [0, 0.1) is 5.41 Å². The van der Waals surface area contributed by atoms with Crippen LogP contribution < -0.4 is 5.84 Å². The summed E-state index contributed by atoms with van der Waals surface area (Å²) in [6.45, 7) is 9.73. The van der Waals surface area contributed by atoms with E-state index in [9.17, 15) is 9.59 Å². The third-order valence-electron chi connectivity index (χ3n) is 4.01. The molecule has 0 bridgehead atoms. The van der Waals surface area contributed by atoms with Crippen LogP contribution in [0.5, 0.6) is 0 Å². The van der Waals surface area contributed by atoms with E-state index in [0.717, 1.165) is 31.5 Å². The molecule has 0 aliphatic carbocycles. The van der Waals surface area contributed by atoms with Crippen LogP contribution in [0.15, 0.2) is 30.3 Å². The highest BCUT2D eigenvalue weighted by Gasteiger charge is 2.37. The molecule has 2 rings (SSSR count). The first-order chi connectivity index (χ1) is 11.7. The highest BCUT2D eigenvalue weighted by atomic mass is 16.5. The standard InChI is InChI=1S/C14H20N2O2.C5H10O2/c1-14(7-9-16(15)10-8-14)13(17)18-11-12-5-3-2-4-6-12;1-5(2,3)7-4-6/h2-6H,7-11,15H2,1H3;4H,1-3H3. The van der Waals surface area contributed by atoms with Gasteiger partial charge in [0.25, 0.3) is 6.47 Å². The van der Waals surface area contributed by atoms with Gasteiger partial charge in [-0.05, 0) is 46.1 Å². The molecule has 0 amide bonds. The Kier molecular flexibility index (Phi) is 8.06. The second-order valence-corrected chi connectivity index (χ2v) is 7.48. The molecule has 0 aromatic heterocycles. The van der Waals surface area contributed by atoms with Crippen molar-refractivity contribution in [2.24, 2.45) is 11.3 Å². The quantitative estimate of drug-likeness (QED) is 0.511. The van der Waals surface area contributed by atoms with Gasteiger partial charge in [-0.15, -0.1) is 0 Å². The van der Waals surface area contributed by atoms with Crippen molar-refractivity contribution in [3.05, 3.63) is 35.9 Å². The number of ether oxygens (including phenoxy) is 2. The minimum Gasteiger partial charge on any atom is -0.462 e. The average Bonchev–Trinajstić information content (AvgIpc) is 2.56. The van der Waals surface area contributed by atoms with Crippen molar-refractivity contribution < 1.29 is 19.1 Å². The Bertz CT molecular complexity index is 532. The van der Waals surface area contributed by atoms with Gasteiger partial charge < -0.3 is 9.47 Å². The SMILES string of the molecule is CC(C)(C)OC=O.CC1(C(=O)OCc2ccccc2)CCN(N)CC1. The van der Waals surface area contributed by atoms with Crippen LogP contribution in [-0.4, -0.2) is 36.1 Å². The van der Waals surface area contributed by atoms with Crippen molar-refractivity contribution in [3.8, 4) is 0 Å². The minimum atomic E-state index is -0.384. The topological polar surface area (TPSA) is 81.9 Å². The number of benzene rings is 1. The fourth-order valence-electron chi connectivity index (χ4n) is 2.26. The van der Waals surface area contributed by atoms with E-state index in [1.54, 1.807) is 5.01 Å². The Morgan fingerprint density at radius 3 is 2.24 bits per heavy atom. The van der Waals surface area contributed by atoms with Gasteiger partial charge in [0, 0.05) is 13.1 Å². The van der Waals surface area contributed by atoms with Crippen LogP contribution in [0.4, 0.5) is 0 Å². The molecule has 140 valence electrons. The predicted octanol–water partition coefficient (Wildman–Crippen LogP) is 2.66. The van der Waals surface area contributed by atoms with Gasteiger partial charge in [-0.1, -0.05) is 30.3 Å². The molecule has 0 radical (unpaired) electrons. The number of nitrogens with zero attached hydrogens (tertiary/aromatic N) is 1. The molecular formula is C19H30N2O4. The molecule has 1 aromatic carbocycles. The summed E-state index contributed by atoms with van der Waals surface area (Å²) in [5.41, 5.74) is 0.317. The van der Waals surface area contributed by atoms with E-state index in [-0.39, 0.29) is 17.0 Å². The van der Waals surface area contributed by atoms with Crippen LogP contribution >= 0.6 is 0 Å². The van der Waals surface area contributed by atoms with E-state index in [4.69, 9.17) is 10.6 Å². The molecule has 1 heterocycles. The zero-order chi connectivity index (χ0) is 18.9. The molecule has 0 atom stereocenters. The van der Waals surface area contributed by atoms with Crippen molar-refractivity contribution in [1.29, 1.82) is 0 Å². The number of carbonyl (C=O) groups excluding carboxylic acids is 2. The van der Waals surface area contributed by atoms with Crippen molar-refractivity contribution in [2.75, 3.05) is 13.1 Å². The molecule has 0 saturated carbocycles. The van der Waals surface area contributed by atoms with Gasteiger partial charge in [0.15, 0.2) is 0 Å². The van der Waals surface area contributed by atoms with Gasteiger partial charge in [-0.25, -0.2) is 5.01 Å². The normalized spacial score (nSPS) is 17.0. The second-order valence-electron chi connectivity index (χ2n) is 7.48. The highest BCUT2D eigenvalue weighted by molar-refractivity contribution is 5.76. The molecule has 1 aliphatic heterocycles. The maximum absolute atomic E-state index is 12.1. The number of piperidine rings is 1. The van der Waals surface area contributed by atoms with E-state index in [1.807, 2.05) is 58.0 Å². The molecule has 0 spiro atoms. The number of rotatable bonds is 4. The number of carbonyl (C=O) groups is 2. The summed E-state index contributed by atoms with van der Waals surface area (Å²) in [4.78, 5) is 21.7. The zero-order valence-electron chi connectivity index (χ0n) is 15.7. The van der Waals surface area contributed by atoms with E-state index < -0.39 is 0 Å². The largest absolute Gasteiger partial charge is 0.462 e. The van der Waals surface area contributed by atoms with Gasteiger partial charge in [0.1, 0.15) is 12.2 Å². The lowest BCUT2D eigenvalue weighted by atomic mass is 9.81. The van der Waals surface area contributed by atoms with Crippen molar-refractivity contribution in [2.45, 2.75) is 52.7 Å². The lowest BCUT2D eigenvalue weighted by Gasteiger charge is -2.35. The molecular weight excluding hydrogens is 320 g/mol. The third-order valence-corrected chi connectivity index (χ3v) is 4.01. The smallest absolute Gasteiger partial charge is 0.312 e. The van der Waals surface area contributed by atoms with Gasteiger partial charge in [-0.2, -0.15) is 0 Å². The van der Waals surface area contributed by atoms with E-state index in [1.165, 1.54) is 0 Å². The summed E-state index contributed by atoms with van der Waals surface area (Å²) in [6, 6.07) is 9.75. The molecule has 0 unspecified atom stereocenters. The zero-order valence-corrected chi connectivity index (χ0v) is 15.7. The molecule has 1 fully saturated rings. The maximum Gasteiger partial charge on any atom is 0.312 e. The third kappa shape index (κ3) is 8.14. The number of hydrogen-bond donors (Lipinski definition) is 1. The molecule has 1 saturated heterocycles. The van der Waals surface area contributed by atoms with E-state index >= 15 is 0 Å². The maximum atomic E-state index is 12.1. The first kappa shape index (κ1) is 21.1. The summed E-state index contributed by atoms with van der Waals surface area (Å²) in [5, 5.41) is 1.76. The summed E-state index contributed by atoms with van der Waals surface area (Å²) in [7, 11) is 0. The summed E-state index contributed by atoms with van der Waals surface area (Å²) in [5.74, 6) is 5.59. The lowest BCUT2D eigenvalue weighted by Crippen LogP contribution is -2.46. The van der Waals surface area contributed by atoms with Gasteiger partial charge >= 0.3 is 5.97 Å². The molecule has 6 heteroatoms. The summed E-state index contributed by atoms with van der Waals surface area (Å²) < 4.78 is 9.96. The average molecular weight is 350 g/mol. The van der Waals surface area contributed by atoms with Crippen molar-refractivity contribution in [3.63, 3.8) is 0 Å². The Hall–Kier alpha value is -1.92. The number of hydrogen-bond acceptors (Lipinski definition) is 6. The van der Waals surface area contributed by atoms with Gasteiger partial charge in [-0.3, -0.25) is 15.4 Å². The Morgan fingerprint density at radius 2 is 1.80 bits per heavy atom. The van der Waals surface area contributed by atoms with E-state index in [0.29, 0.717) is 13.1 Å². The lowest BCUT2D eigenvalue weighted by molar-refractivity contribution is -0.159. The second kappa shape index (κ2) is 9.53. The Balaban J connectivity index is 0.000000381. The molecule has 6 nitrogen and oxygen atoms in total. The first-order valence-electron chi connectivity index (χ1n) is 8.48. The fraction of sp³-hybridized carbons (Fsp3) is 0.579. The van der Waals surface area contributed by atoms with Crippen LogP contribution in [0.25, 0.3) is 0 Å². The first-order valence-corrected chi connectivity index (χ1v) is 8.48. The molecule has 25 heavy (non-hydrogen) atoms. The van der Waals surface area contributed by atoms with Crippen LogP contribution in [-0.2, 0) is 25.7 Å². The van der Waals surface area contributed by atoms with Crippen LogP contribution in [0.2, 0.25) is 0 Å². The number of esters is 1. The van der Waals surface area contributed by atoms with E-state index in [2.05, 4.69) is 4.74 Å². The number of hydrazine groups is 1.